The molecule has 21 rings (SSSR count). The molecule has 0 N–H and O–H groups in total. The maximum Gasteiger partial charge on any atom is 0 e. The zero-order valence-corrected chi connectivity index (χ0v) is 85.2. The van der Waals surface area contributed by atoms with Crippen LogP contribution in [0, 0.1) is 0 Å². The van der Waals surface area contributed by atoms with Crippen LogP contribution in [0.4, 0.5) is 68.2 Å². The molecule has 0 radical (unpaired) electrons. The summed E-state index contributed by atoms with van der Waals surface area (Å²) in [6, 6.07) is 101. The largest absolute Gasteiger partial charge is 0 e. The molecule has 12 aromatic carbocycles. The maximum absolute atomic E-state index is 6.06. The zero-order valence-electron chi connectivity index (χ0n) is 80.4. The van der Waals surface area contributed by atoms with Crippen molar-refractivity contribution in [1.82, 2.24) is 10.0 Å². The van der Waals surface area contributed by atoms with E-state index in [4.69, 9.17) is 44.3 Å². The van der Waals surface area contributed by atoms with Crippen molar-refractivity contribution < 1.29 is 12.3 Å². The van der Waals surface area contributed by atoms with Gasteiger partial charge in [0.15, 0.2) is 11.6 Å². The topological polar surface area (TPSA) is 88.5 Å². The first-order chi connectivity index (χ1) is 66.4. The van der Waals surface area contributed by atoms with Crippen molar-refractivity contribution in [2.75, 3.05) is 138 Å². The summed E-state index contributed by atoms with van der Waals surface area (Å²) in [5.74, 6) is 7.89. The van der Waals surface area contributed by atoms with Crippen LogP contribution in [0.1, 0.15) is 83.2 Å². The van der Waals surface area contributed by atoms with Crippen molar-refractivity contribution in [2.24, 2.45) is 10.2 Å². The fraction of sp³-hybridized carbons (Fsp3) is 0.193. The van der Waals surface area contributed by atoms with Gasteiger partial charge in [-0.2, -0.15) is 5.10 Å². The standard InChI is InChI=1S/C22H17ClN2.C16H16N2.C16H18N2.C12H14Cl2N2.C12H16N2.C10H10N2O.C10H11NO.C10H11NSe.C6H10N2S.2H2/c1-17-24(20-8-4-2-5-9-20)16-22(18-12-14-19(23)15-13-18)25(17)21-10-6-3-7-11-21;1-14-17(15-8-4-2-5-9-15)12-13-18(14)16-10-6-3-7-11-16;1-4-17-12(3)18(5-2)16-11-14-9-7-6-8-13(14)10-15(16)17;1-4-15-8(3)16(5-2)12-7-10(14)9(13)6-11(12)15;1-4-13-10(3)14(5-2)12-9-7-6-8-11(12)13;1-8-12(2)11-10(13-8)9-6-4-3-5-7-9;2*1-3-11-8(2)12-10-7-5-4-6-9(10)11;1-4-8-6(3)9-5(2)7-8;;/h2-16H,1H2;2-11H,1,12-13H2;6-11H,3-5H2,1-2H3;6-7H,3-5H2,1-2H3;6-9H,3-5H2,1-2H3;3-7H,1H2,2H3;2*4-7H,2-3H2,1H3;3-4H2,1-2H3;2*1H. The molecule has 0 bridgehead atoms. The molecule has 23 heteroatoms. The predicted molar refractivity (Wildman–Crippen MR) is 596 cm³/mol. The Morgan fingerprint density at radius 3 is 1.18 bits per heavy atom. The Balaban J connectivity index is 0.000000151. The van der Waals surface area contributed by atoms with Gasteiger partial charge >= 0.3 is 78.9 Å². The third-order valence-electron chi connectivity index (χ3n) is 23.7. The molecule has 9 aliphatic rings. The van der Waals surface area contributed by atoms with Crippen LogP contribution in [0.25, 0.3) is 16.5 Å². The van der Waals surface area contributed by atoms with Gasteiger partial charge < -0.3 is 58.5 Å². The van der Waals surface area contributed by atoms with E-state index in [1.165, 1.54) is 59.6 Å². The van der Waals surface area contributed by atoms with Gasteiger partial charge in [-0.1, -0.05) is 238 Å². The molecule has 12 aromatic rings. The van der Waals surface area contributed by atoms with E-state index in [1.54, 1.807) is 23.8 Å². The molecule has 0 aliphatic carbocycles. The maximum atomic E-state index is 6.06. The predicted octanol–water partition coefficient (Wildman–Crippen LogP) is 28.4. The monoisotopic (exact) mass is 1970 g/mol. The number of hydrogen-bond donors (Lipinski definition) is 0. The quantitative estimate of drug-likeness (QED) is 0.0912. The normalized spacial score (nSPS) is 15.0. The second kappa shape index (κ2) is 47.6. The summed E-state index contributed by atoms with van der Waals surface area (Å²) < 4.78 is 13.5. The Labute approximate surface area is 840 Å². The molecule has 1 fully saturated rings. The van der Waals surface area contributed by atoms with E-state index >= 15 is 0 Å². The van der Waals surface area contributed by atoms with Gasteiger partial charge in [0.05, 0.1) is 65.6 Å². The van der Waals surface area contributed by atoms with Crippen LogP contribution in [0.2, 0.25) is 15.1 Å². The van der Waals surface area contributed by atoms with E-state index < -0.39 is 0 Å². The number of para-hydroxylation sites is 9. The van der Waals surface area contributed by atoms with Crippen molar-refractivity contribution in [3.8, 4) is 5.75 Å². The van der Waals surface area contributed by atoms with Crippen LogP contribution in [0.3, 0.4) is 0 Å². The van der Waals surface area contributed by atoms with E-state index in [0.29, 0.717) is 36.8 Å². The van der Waals surface area contributed by atoms with Gasteiger partial charge in [-0.3, -0.25) is 9.91 Å². The summed E-state index contributed by atoms with van der Waals surface area (Å²) in [5, 5.41) is 18.5. The van der Waals surface area contributed by atoms with Crippen molar-refractivity contribution in [3.63, 3.8) is 0 Å². The van der Waals surface area contributed by atoms with Crippen LogP contribution in [0.15, 0.2) is 423 Å². The van der Waals surface area contributed by atoms with E-state index in [0.717, 1.165) is 173 Å². The smallest absolute Gasteiger partial charge is 0 e. The van der Waals surface area contributed by atoms with E-state index in [2.05, 4.69) is 354 Å². The van der Waals surface area contributed by atoms with Gasteiger partial charge in [0.1, 0.15) is 29.1 Å². The number of thioether (sulfide) groups is 1. The molecule has 137 heavy (non-hydrogen) atoms. The molecule has 9 heterocycles. The van der Waals surface area contributed by atoms with Crippen LogP contribution >= 0.6 is 46.6 Å². The molecule has 708 valence electrons. The summed E-state index contributed by atoms with van der Waals surface area (Å²) in [6.07, 6.45) is 2.12. The second-order valence-corrected chi connectivity index (χ2v) is 36.7. The average molecular weight is 1970 g/mol. The molecule has 9 aliphatic heterocycles. The molecule has 0 saturated carbocycles. The van der Waals surface area contributed by atoms with Crippen molar-refractivity contribution >= 4 is 162 Å². The summed E-state index contributed by atoms with van der Waals surface area (Å²) in [6.45, 7) is 68.0. The number of hydrogen-bond acceptors (Lipinski definition) is 19. The fourth-order valence-electron chi connectivity index (χ4n) is 17.0. The first kappa shape index (κ1) is 101. The average Bonchev–Trinajstić information content (AvgIpc) is 1.63. The van der Waals surface area contributed by atoms with Crippen LogP contribution in [0.5, 0.6) is 5.75 Å². The number of anilines is 12. The first-order valence-corrected chi connectivity index (χ1v) is 50.0. The molecular formula is C114H127Cl3N16O2SSe. The van der Waals surface area contributed by atoms with E-state index in [1.807, 2.05) is 151 Å². The van der Waals surface area contributed by atoms with Crippen molar-refractivity contribution in [3.05, 3.63) is 439 Å². The number of benzene rings is 12. The van der Waals surface area contributed by atoms with Crippen molar-refractivity contribution in [2.45, 2.75) is 69.2 Å². The minimum Gasteiger partial charge on any atom is 0 e. The molecular weight excluding hydrogens is 1840 g/mol. The van der Waals surface area contributed by atoms with Crippen LogP contribution in [-0.4, -0.2) is 115 Å². The number of halogens is 3. The minimum absolute atomic E-state index is 0. The van der Waals surface area contributed by atoms with Gasteiger partial charge in [0, 0.05) is 120 Å². The Kier molecular flexibility index (Phi) is 34.9. The molecule has 0 unspecified atom stereocenters. The second-order valence-electron chi connectivity index (χ2n) is 31.9. The van der Waals surface area contributed by atoms with Crippen molar-refractivity contribution in [1.29, 1.82) is 0 Å². The Morgan fingerprint density at radius 1 is 0.358 bits per heavy atom. The third kappa shape index (κ3) is 23.3. The fourth-order valence-corrected chi connectivity index (χ4v) is 20.3. The Morgan fingerprint density at radius 2 is 0.752 bits per heavy atom. The number of rotatable bonds is 15. The van der Waals surface area contributed by atoms with E-state index in [-0.39, 0.29) is 2.85 Å². The van der Waals surface area contributed by atoms with Crippen LogP contribution < -0.4 is 68.0 Å². The summed E-state index contributed by atoms with van der Waals surface area (Å²) in [5.41, 5.74) is 17.5. The van der Waals surface area contributed by atoms with Gasteiger partial charge in [0.2, 0.25) is 11.8 Å². The summed E-state index contributed by atoms with van der Waals surface area (Å²) in [4.78, 5) is 26.5. The molecule has 18 nitrogen and oxygen atoms in total. The molecule has 0 amide bonds. The molecule has 0 atom stereocenters. The molecule has 1 saturated heterocycles. The number of hydrazone groups is 2. The number of fused-ring (bicyclic) bond motifs is 6. The van der Waals surface area contributed by atoms with Gasteiger partial charge in [-0.15, -0.1) is 5.10 Å². The van der Waals surface area contributed by atoms with E-state index in [9.17, 15) is 0 Å². The Bertz CT molecular complexity index is 6180. The third-order valence-corrected chi connectivity index (χ3v) is 27.7. The molecule has 0 aromatic heterocycles. The minimum atomic E-state index is 0. The number of nitrogens with zero attached hydrogens (tertiary/aromatic N) is 16. The summed E-state index contributed by atoms with van der Waals surface area (Å²) in [7, 11) is 1.80. The zero-order chi connectivity index (χ0) is 97.5. The van der Waals surface area contributed by atoms with Gasteiger partial charge in [0.25, 0.3) is 0 Å². The van der Waals surface area contributed by atoms with Gasteiger partial charge in [-0.25, -0.2) is 5.01 Å². The summed E-state index contributed by atoms with van der Waals surface area (Å²) >= 11 is 20.3. The van der Waals surface area contributed by atoms with Gasteiger partial charge in [-0.05, 0) is 208 Å². The number of ether oxygens (including phenoxy) is 2. The molecule has 0 spiro atoms. The van der Waals surface area contributed by atoms with Crippen LogP contribution in [-0.2, 0) is 4.74 Å². The first-order valence-electron chi connectivity index (χ1n) is 46.3. The SMILES string of the molecule is C=C1N(CC)c2cc(Cl)c(Cl)cc2N1CC.C=C1N(CC)c2cc3ccccc3cc2N1CC.C=C1N(CC)c2ccccc2N1CC.C=C1N(c2ccccc2)C=C(c2ccc(Cl)cc2)N1c1ccccc1.C=C1N(c2ccccc2)CCN1c1ccccc1.C=C1OC(c2ccccc2)=NN1C.C=C1Oc2ccccc2N1CC.C=C1SC(C)=NN1CC.C=C1[Se]c2ccccc2N1CC.[HH].[HH]. The Hall–Kier alpha value is -13.8.